The minimum Gasteiger partial charge on any atom is -0.345 e. The van der Waals surface area contributed by atoms with Crippen molar-refractivity contribution in [3.8, 4) is 0 Å². The molecule has 1 aliphatic rings. The van der Waals surface area contributed by atoms with Crippen LogP contribution in [-0.2, 0) is 0 Å². The Kier molecular flexibility index (Phi) is 6.29. The molecule has 0 fully saturated rings. The van der Waals surface area contributed by atoms with Crippen molar-refractivity contribution >= 4 is 34.4 Å². The number of carbonyl (C=O) groups is 1. The van der Waals surface area contributed by atoms with E-state index in [4.69, 9.17) is 11.6 Å². The quantitative estimate of drug-likeness (QED) is 0.780. The van der Waals surface area contributed by atoms with E-state index in [0.717, 1.165) is 23.3 Å². The van der Waals surface area contributed by atoms with Gasteiger partial charge in [0, 0.05) is 12.0 Å². The van der Waals surface area contributed by atoms with Gasteiger partial charge in [0.15, 0.2) is 5.15 Å². The summed E-state index contributed by atoms with van der Waals surface area (Å²) in [6.07, 6.45) is 10.5. The summed E-state index contributed by atoms with van der Waals surface area (Å²) in [5, 5.41) is 2.84. The molecule has 1 amide bonds. The number of alkyl halides is 2. The van der Waals surface area contributed by atoms with E-state index < -0.39 is 18.4 Å². The van der Waals surface area contributed by atoms with Crippen LogP contribution in [0.25, 0.3) is 5.57 Å². The summed E-state index contributed by atoms with van der Waals surface area (Å²) in [4.78, 5) is 16.4. The van der Waals surface area contributed by atoms with Gasteiger partial charge in [-0.2, -0.15) is 0 Å². The number of rotatable bonds is 5. The Balaban J connectivity index is 2.16. The molecule has 130 valence electrons. The van der Waals surface area contributed by atoms with E-state index in [2.05, 4.69) is 23.3 Å². The molecule has 3 nitrogen and oxygen atoms in total. The fourth-order valence-corrected chi connectivity index (χ4v) is 3.23. The monoisotopic (exact) mass is 372 g/mol. The Morgan fingerprint density at radius 3 is 3.00 bits per heavy atom. The van der Waals surface area contributed by atoms with Crippen molar-refractivity contribution in [2.45, 2.75) is 32.6 Å². The predicted octanol–water partition coefficient (Wildman–Crippen LogP) is 5.11. The van der Waals surface area contributed by atoms with Crippen LogP contribution >= 0.6 is 22.9 Å². The average Bonchev–Trinajstić information content (AvgIpc) is 2.90. The number of halogens is 3. The fourth-order valence-electron chi connectivity index (χ4n) is 2.02. The minimum atomic E-state index is -2.93. The van der Waals surface area contributed by atoms with Gasteiger partial charge in [-0.1, -0.05) is 55.8 Å². The van der Waals surface area contributed by atoms with Gasteiger partial charge < -0.3 is 5.32 Å². The molecule has 0 aromatic carbocycles. The summed E-state index contributed by atoms with van der Waals surface area (Å²) in [7, 11) is 0. The van der Waals surface area contributed by atoms with Crippen molar-refractivity contribution in [2.75, 3.05) is 6.54 Å². The number of amides is 1. The molecule has 1 atom stereocenters. The molecule has 0 saturated heterocycles. The maximum atomic E-state index is 13.3. The van der Waals surface area contributed by atoms with Gasteiger partial charge in [-0.05, 0) is 12.3 Å². The average molecular weight is 373 g/mol. The number of hydrogen-bond acceptors (Lipinski definition) is 3. The Morgan fingerprint density at radius 2 is 2.29 bits per heavy atom. The van der Waals surface area contributed by atoms with Crippen molar-refractivity contribution < 1.29 is 13.6 Å². The summed E-state index contributed by atoms with van der Waals surface area (Å²) in [6.45, 7) is 2.77. The molecule has 24 heavy (non-hydrogen) atoms. The Morgan fingerprint density at radius 1 is 1.54 bits per heavy atom. The first-order chi connectivity index (χ1) is 11.3. The molecule has 0 bridgehead atoms. The number of carbonyl (C=O) groups excluding carboxylic acids is 1. The second kappa shape index (κ2) is 8.03. The van der Waals surface area contributed by atoms with Crippen molar-refractivity contribution in [1.82, 2.24) is 10.3 Å². The van der Waals surface area contributed by atoms with E-state index in [1.54, 1.807) is 0 Å². The molecule has 1 heterocycles. The van der Waals surface area contributed by atoms with Gasteiger partial charge in [0.25, 0.3) is 11.8 Å². The lowest BCUT2D eigenvalue weighted by molar-refractivity contribution is -0.000974. The minimum absolute atomic E-state index is 0.0287. The number of nitrogens with zero attached hydrogens (tertiary/aromatic N) is 1. The zero-order valence-corrected chi connectivity index (χ0v) is 15.1. The van der Waals surface area contributed by atoms with Gasteiger partial charge >= 0.3 is 0 Å². The Bertz CT molecular complexity index is 695. The highest BCUT2D eigenvalue weighted by atomic mass is 35.5. The lowest BCUT2D eigenvalue weighted by Gasteiger charge is -2.14. The normalized spacial score (nSPS) is 18.0. The van der Waals surface area contributed by atoms with Crippen molar-refractivity contribution in [3.63, 3.8) is 0 Å². The van der Waals surface area contributed by atoms with E-state index in [1.165, 1.54) is 6.92 Å². The number of nitrogens with one attached hydrogen (secondary N) is 1. The number of allylic oxidation sites excluding steroid dienone is 6. The first kappa shape index (κ1) is 18.8. The third-order valence-corrected chi connectivity index (χ3v) is 5.07. The van der Waals surface area contributed by atoms with Crippen LogP contribution in [-0.4, -0.2) is 23.4 Å². The Labute approximate surface area is 149 Å². The van der Waals surface area contributed by atoms with E-state index in [-0.39, 0.29) is 16.5 Å². The lowest BCUT2D eigenvalue weighted by atomic mass is 10.0. The molecule has 0 spiro atoms. The zero-order chi connectivity index (χ0) is 17.7. The molecule has 1 aromatic heterocycles. The van der Waals surface area contributed by atoms with Crippen LogP contribution in [0.15, 0.2) is 30.4 Å². The molecule has 0 aliphatic heterocycles. The topological polar surface area (TPSA) is 42.0 Å². The van der Waals surface area contributed by atoms with E-state index in [1.807, 2.05) is 24.3 Å². The van der Waals surface area contributed by atoms with Crippen molar-refractivity contribution in [3.05, 3.63) is 45.4 Å². The molecule has 0 radical (unpaired) electrons. The van der Waals surface area contributed by atoms with Crippen LogP contribution < -0.4 is 5.32 Å². The molecule has 1 aliphatic carbocycles. The summed E-state index contributed by atoms with van der Waals surface area (Å²) in [6, 6.07) is 0. The molecule has 2 rings (SSSR count). The van der Waals surface area contributed by atoms with Crippen molar-refractivity contribution in [1.29, 1.82) is 0 Å². The first-order valence-corrected chi connectivity index (χ1v) is 8.89. The number of hydrogen-bond donors (Lipinski definition) is 1. The maximum Gasteiger partial charge on any atom is 0.264 e. The van der Waals surface area contributed by atoms with Crippen molar-refractivity contribution in [2.24, 2.45) is 5.92 Å². The van der Waals surface area contributed by atoms with E-state index in [0.29, 0.717) is 10.9 Å². The van der Waals surface area contributed by atoms with Crippen LogP contribution in [0.5, 0.6) is 0 Å². The van der Waals surface area contributed by atoms with Gasteiger partial charge in [-0.25, -0.2) is 13.8 Å². The van der Waals surface area contributed by atoms with Crippen LogP contribution in [0.4, 0.5) is 8.78 Å². The van der Waals surface area contributed by atoms with Crippen LogP contribution in [0.2, 0.25) is 5.15 Å². The molecular formula is C17H19ClF2N2OS. The largest absolute Gasteiger partial charge is 0.345 e. The summed E-state index contributed by atoms with van der Waals surface area (Å²) >= 11 is 7.12. The third kappa shape index (κ3) is 4.98. The van der Waals surface area contributed by atoms with Crippen LogP contribution in [0, 0.1) is 5.92 Å². The summed E-state index contributed by atoms with van der Waals surface area (Å²) < 4.78 is 26.5. The molecule has 0 saturated carbocycles. The zero-order valence-electron chi connectivity index (χ0n) is 13.5. The van der Waals surface area contributed by atoms with E-state index >= 15 is 0 Å². The maximum absolute atomic E-state index is 13.3. The second-order valence-corrected chi connectivity index (χ2v) is 7.01. The second-order valence-electron chi connectivity index (χ2n) is 5.65. The molecule has 1 N–H and O–H groups in total. The number of aromatic nitrogens is 1. The standard InChI is InChI=1S/C17H19ClF2N2OS/c1-3-17(19,20)10-21-15(23)13-14(18)22-16(24-13)12-8-4-6-11(2)7-5-9-12/h4-6,8-9,11H,3,7,10H2,1-2H3,(H,21,23). The van der Waals surface area contributed by atoms with Gasteiger partial charge in [-0.3, -0.25) is 4.79 Å². The smallest absolute Gasteiger partial charge is 0.264 e. The summed E-state index contributed by atoms with van der Waals surface area (Å²) in [5.74, 6) is -3.10. The van der Waals surface area contributed by atoms with Crippen LogP contribution in [0.3, 0.4) is 0 Å². The molecular weight excluding hydrogens is 354 g/mol. The lowest BCUT2D eigenvalue weighted by Crippen LogP contribution is -2.35. The third-order valence-electron chi connectivity index (χ3n) is 3.58. The highest BCUT2D eigenvalue weighted by Crippen LogP contribution is 2.30. The fraction of sp³-hybridized carbons (Fsp3) is 0.412. The summed E-state index contributed by atoms with van der Waals surface area (Å²) in [5.41, 5.74) is 0.836. The van der Waals surface area contributed by atoms with Gasteiger partial charge in [0.05, 0.1) is 6.54 Å². The van der Waals surface area contributed by atoms with Crippen LogP contribution in [0.1, 0.15) is 41.4 Å². The number of thiazole rings is 1. The SMILES string of the molecule is CCC(F)(F)CNC(=O)c1sc(C2=CC=CC(C)CC=C2)nc1Cl. The van der Waals surface area contributed by atoms with Gasteiger partial charge in [-0.15, -0.1) is 11.3 Å². The van der Waals surface area contributed by atoms with Gasteiger partial charge in [0.2, 0.25) is 0 Å². The highest BCUT2D eigenvalue weighted by Gasteiger charge is 2.28. The predicted molar refractivity (Wildman–Crippen MR) is 94.7 cm³/mol. The molecule has 1 aromatic rings. The first-order valence-electron chi connectivity index (χ1n) is 7.70. The molecule has 7 heteroatoms. The highest BCUT2D eigenvalue weighted by molar-refractivity contribution is 7.15. The van der Waals surface area contributed by atoms with Gasteiger partial charge in [0.1, 0.15) is 9.88 Å². The Hall–Kier alpha value is -1.53. The van der Waals surface area contributed by atoms with E-state index in [9.17, 15) is 13.6 Å². The molecule has 1 unspecified atom stereocenters.